The third-order valence-electron chi connectivity index (χ3n) is 5.52. The molecule has 1 aromatic carbocycles. The number of amides is 1. The van der Waals surface area contributed by atoms with Crippen molar-refractivity contribution in [3.05, 3.63) is 29.8 Å². The van der Waals surface area contributed by atoms with Crippen LogP contribution in [0.5, 0.6) is 0 Å². The average Bonchev–Trinajstić information content (AvgIpc) is 3.20. The van der Waals surface area contributed by atoms with E-state index in [1.54, 1.807) is 0 Å². The molecule has 1 amide bonds. The van der Waals surface area contributed by atoms with Crippen molar-refractivity contribution in [3.8, 4) is 0 Å². The highest BCUT2D eigenvalue weighted by Gasteiger charge is 2.54. The predicted octanol–water partition coefficient (Wildman–Crippen LogP) is 3.25. The van der Waals surface area contributed by atoms with Gasteiger partial charge in [0.2, 0.25) is 5.91 Å². The van der Waals surface area contributed by atoms with E-state index in [1.807, 2.05) is 11.0 Å². The SMILES string of the molecule is CCC(CC)(CN)C(=O)N1CC2(CC2)c2ccccc21.Cl. The number of fused-ring (bicyclic) bond motifs is 2. The molecule has 1 aliphatic heterocycles. The van der Waals surface area contributed by atoms with Crippen molar-refractivity contribution in [2.45, 2.75) is 44.9 Å². The summed E-state index contributed by atoms with van der Waals surface area (Å²) in [6.45, 7) is 5.43. The van der Waals surface area contributed by atoms with Crippen LogP contribution < -0.4 is 10.6 Å². The summed E-state index contributed by atoms with van der Waals surface area (Å²) in [6, 6.07) is 8.40. The zero-order valence-electron chi connectivity index (χ0n) is 12.9. The third kappa shape index (κ3) is 2.27. The Morgan fingerprint density at radius 2 is 1.90 bits per heavy atom. The Bertz CT molecular complexity index is 527. The van der Waals surface area contributed by atoms with Crippen molar-refractivity contribution in [2.24, 2.45) is 11.1 Å². The fourth-order valence-electron chi connectivity index (χ4n) is 3.60. The molecule has 0 radical (unpaired) electrons. The molecule has 0 unspecified atom stereocenters. The lowest BCUT2D eigenvalue weighted by atomic mass is 9.81. The summed E-state index contributed by atoms with van der Waals surface area (Å²) in [5.41, 5.74) is 8.30. The van der Waals surface area contributed by atoms with Crippen molar-refractivity contribution in [2.75, 3.05) is 18.0 Å². The highest BCUT2D eigenvalue weighted by Crippen LogP contribution is 2.57. The Balaban J connectivity index is 0.00000161. The van der Waals surface area contributed by atoms with Crippen molar-refractivity contribution in [3.63, 3.8) is 0 Å². The molecule has 1 aliphatic carbocycles. The largest absolute Gasteiger partial charge is 0.329 e. The Morgan fingerprint density at radius 3 is 2.43 bits per heavy atom. The van der Waals surface area contributed by atoms with Gasteiger partial charge >= 0.3 is 0 Å². The molecule has 0 bridgehead atoms. The summed E-state index contributed by atoms with van der Waals surface area (Å²) < 4.78 is 0. The molecule has 21 heavy (non-hydrogen) atoms. The Hall–Kier alpha value is -1.06. The molecule has 116 valence electrons. The van der Waals surface area contributed by atoms with Crippen molar-refractivity contribution in [1.82, 2.24) is 0 Å². The molecule has 0 aromatic heterocycles. The van der Waals surface area contributed by atoms with Crippen LogP contribution in [0.3, 0.4) is 0 Å². The van der Waals surface area contributed by atoms with E-state index in [0.29, 0.717) is 6.54 Å². The van der Waals surface area contributed by atoms with Gasteiger partial charge in [0.25, 0.3) is 0 Å². The number of carbonyl (C=O) groups excluding carboxylic acids is 1. The standard InChI is InChI=1S/C17H24N2O.ClH/c1-3-16(4-2,11-18)15(20)19-12-17(9-10-17)13-7-5-6-8-14(13)19;/h5-8H,3-4,9-12,18H2,1-2H3;1H. The van der Waals surface area contributed by atoms with Gasteiger partial charge in [-0.05, 0) is 37.3 Å². The monoisotopic (exact) mass is 308 g/mol. The van der Waals surface area contributed by atoms with Gasteiger partial charge in [-0.25, -0.2) is 0 Å². The van der Waals surface area contributed by atoms with E-state index < -0.39 is 5.41 Å². The second-order valence-electron chi connectivity index (χ2n) is 6.38. The van der Waals surface area contributed by atoms with Crippen LogP contribution in [0, 0.1) is 5.41 Å². The number of para-hydroxylation sites is 1. The summed E-state index contributed by atoms with van der Waals surface area (Å²) in [7, 11) is 0. The van der Waals surface area contributed by atoms with E-state index in [1.165, 1.54) is 18.4 Å². The van der Waals surface area contributed by atoms with E-state index in [0.717, 1.165) is 25.1 Å². The van der Waals surface area contributed by atoms with Gasteiger partial charge in [-0.3, -0.25) is 4.79 Å². The van der Waals surface area contributed by atoms with E-state index in [4.69, 9.17) is 5.73 Å². The number of carbonyl (C=O) groups is 1. The van der Waals surface area contributed by atoms with Crippen LogP contribution in [-0.4, -0.2) is 19.0 Å². The smallest absolute Gasteiger partial charge is 0.234 e. The van der Waals surface area contributed by atoms with E-state index in [2.05, 4.69) is 32.0 Å². The van der Waals surface area contributed by atoms with Gasteiger partial charge in [-0.2, -0.15) is 0 Å². The van der Waals surface area contributed by atoms with E-state index >= 15 is 0 Å². The highest BCUT2D eigenvalue weighted by atomic mass is 35.5. The molecule has 0 saturated heterocycles. The molecule has 3 rings (SSSR count). The molecular weight excluding hydrogens is 284 g/mol. The summed E-state index contributed by atoms with van der Waals surface area (Å²) in [4.78, 5) is 15.1. The van der Waals surface area contributed by atoms with Gasteiger partial charge < -0.3 is 10.6 Å². The maximum absolute atomic E-state index is 13.1. The number of hydrogen-bond acceptors (Lipinski definition) is 2. The van der Waals surface area contributed by atoms with Crippen LogP contribution >= 0.6 is 12.4 Å². The van der Waals surface area contributed by atoms with Crippen molar-refractivity contribution < 1.29 is 4.79 Å². The molecule has 2 aliphatic rings. The first kappa shape index (κ1) is 16.3. The van der Waals surface area contributed by atoms with Crippen LogP contribution in [-0.2, 0) is 10.2 Å². The molecule has 0 atom stereocenters. The first-order chi connectivity index (χ1) is 9.62. The first-order valence-electron chi connectivity index (χ1n) is 7.74. The summed E-state index contributed by atoms with van der Waals surface area (Å²) in [5, 5.41) is 0. The van der Waals surface area contributed by atoms with Gasteiger partial charge in [-0.15, -0.1) is 12.4 Å². The number of rotatable bonds is 4. The van der Waals surface area contributed by atoms with Crippen LogP contribution in [0.15, 0.2) is 24.3 Å². The topological polar surface area (TPSA) is 46.3 Å². The number of anilines is 1. The molecule has 1 fully saturated rings. The van der Waals surface area contributed by atoms with E-state index in [-0.39, 0.29) is 23.7 Å². The Kier molecular flexibility index (Phi) is 4.36. The summed E-state index contributed by atoms with van der Waals surface area (Å²) in [6.07, 6.45) is 4.04. The first-order valence-corrected chi connectivity index (χ1v) is 7.74. The maximum atomic E-state index is 13.1. The van der Waals surface area contributed by atoms with Crippen LogP contribution in [0.1, 0.15) is 45.1 Å². The van der Waals surface area contributed by atoms with Crippen LogP contribution in [0.2, 0.25) is 0 Å². The minimum absolute atomic E-state index is 0. The third-order valence-corrected chi connectivity index (χ3v) is 5.52. The molecular formula is C17H25ClN2O. The number of halogens is 1. The van der Waals surface area contributed by atoms with E-state index in [9.17, 15) is 4.79 Å². The summed E-state index contributed by atoms with van der Waals surface area (Å²) >= 11 is 0. The highest BCUT2D eigenvalue weighted by molar-refractivity contribution is 6.00. The number of hydrogen-bond donors (Lipinski definition) is 1. The minimum Gasteiger partial charge on any atom is -0.329 e. The Labute approximate surface area is 133 Å². The average molecular weight is 309 g/mol. The number of nitrogens with zero attached hydrogens (tertiary/aromatic N) is 1. The number of benzene rings is 1. The lowest BCUT2D eigenvalue weighted by molar-refractivity contribution is -0.128. The molecule has 2 N–H and O–H groups in total. The molecule has 1 heterocycles. The van der Waals surface area contributed by atoms with Crippen LogP contribution in [0.25, 0.3) is 0 Å². The van der Waals surface area contributed by atoms with Crippen LogP contribution in [0.4, 0.5) is 5.69 Å². The maximum Gasteiger partial charge on any atom is 0.234 e. The van der Waals surface area contributed by atoms with Gasteiger partial charge in [0, 0.05) is 24.2 Å². The summed E-state index contributed by atoms with van der Waals surface area (Å²) in [5.74, 6) is 0.223. The Morgan fingerprint density at radius 1 is 1.29 bits per heavy atom. The lowest BCUT2D eigenvalue weighted by Crippen LogP contribution is -2.47. The molecule has 1 saturated carbocycles. The predicted molar refractivity (Wildman–Crippen MR) is 89.0 cm³/mol. The fourth-order valence-corrected chi connectivity index (χ4v) is 3.60. The second-order valence-corrected chi connectivity index (χ2v) is 6.38. The second kappa shape index (κ2) is 5.62. The van der Waals surface area contributed by atoms with Gasteiger partial charge in [0.1, 0.15) is 0 Å². The van der Waals surface area contributed by atoms with Gasteiger partial charge in [-0.1, -0.05) is 32.0 Å². The van der Waals surface area contributed by atoms with Crippen molar-refractivity contribution in [1.29, 1.82) is 0 Å². The zero-order chi connectivity index (χ0) is 14.4. The van der Waals surface area contributed by atoms with Gasteiger partial charge in [0.05, 0.1) is 5.41 Å². The molecule has 1 spiro atoms. The van der Waals surface area contributed by atoms with Gasteiger partial charge in [0.15, 0.2) is 0 Å². The fraction of sp³-hybridized carbons (Fsp3) is 0.588. The minimum atomic E-state index is -0.395. The molecule has 4 heteroatoms. The normalized spacial score (nSPS) is 18.3. The molecule has 3 nitrogen and oxygen atoms in total. The van der Waals surface area contributed by atoms with Crippen molar-refractivity contribution >= 4 is 24.0 Å². The lowest BCUT2D eigenvalue weighted by Gasteiger charge is -2.33. The molecule has 1 aromatic rings. The number of nitrogens with two attached hydrogens (primary N) is 1. The zero-order valence-corrected chi connectivity index (χ0v) is 13.7. The quantitative estimate of drug-likeness (QED) is 0.928.